The summed E-state index contributed by atoms with van der Waals surface area (Å²) in [4.78, 5) is 28.1. The van der Waals surface area contributed by atoms with Crippen molar-refractivity contribution in [2.75, 3.05) is 18.9 Å². The number of anilines is 1. The fourth-order valence-corrected chi connectivity index (χ4v) is 4.04. The number of amides is 1. The minimum Gasteiger partial charge on any atom is -0.366 e. The third kappa shape index (κ3) is 3.67. The van der Waals surface area contributed by atoms with E-state index in [1.54, 1.807) is 35.0 Å². The number of halogens is 1. The standard InChI is InChI=1S/C23H22FN7O/c1-30-9-7-16-18(13-30)28-22(29-21(16)26-11-14-4-2-5-15(24)10-14)23-27-12-19-17(20(25)32)6-3-8-31(19)23/h2-6,8,10,12H,7,9,11,13H2,1H3,(H2,25,32)(H,26,28,29). The second-order valence-corrected chi connectivity index (χ2v) is 7.92. The van der Waals surface area contributed by atoms with Gasteiger partial charge in [0.25, 0.3) is 5.91 Å². The number of primary amides is 1. The quantitative estimate of drug-likeness (QED) is 0.504. The Labute approximate surface area is 183 Å². The molecule has 3 N–H and O–H groups in total. The van der Waals surface area contributed by atoms with Crippen molar-refractivity contribution in [3.05, 3.63) is 77.0 Å². The summed E-state index contributed by atoms with van der Waals surface area (Å²) in [5.41, 5.74) is 9.30. The van der Waals surface area contributed by atoms with Crippen LogP contribution in [0.4, 0.5) is 10.2 Å². The number of carbonyl (C=O) groups is 1. The Morgan fingerprint density at radius 3 is 2.94 bits per heavy atom. The first-order valence-electron chi connectivity index (χ1n) is 10.3. The van der Waals surface area contributed by atoms with Gasteiger partial charge in [0, 0.05) is 31.4 Å². The van der Waals surface area contributed by atoms with Gasteiger partial charge in [-0.2, -0.15) is 0 Å². The van der Waals surface area contributed by atoms with E-state index in [2.05, 4.69) is 22.2 Å². The largest absolute Gasteiger partial charge is 0.366 e. The van der Waals surface area contributed by atoms with Crippen LogP contribution in [0.5, 0.6) is 0 Å². The summed E-state index contributed by atoms with van der Waals surface area (Å²) in [6.07, 6.45) is 4.22. The lowest BCUT2D eigenvalue weighted by Crippen LogP contribution is -2.29. The average Bonchev–Trinajstić information content (AvgIpc) is 3.21. The molecule has 1 aliphatic heterocycles. The zero-order chi connectivity index (χ0) is 22.2. The van der Waals surface area contributed by atoms with Crippen molar-refractivity contribution in [2.45, 2.75) is 19.5 Å². The van der Waals surface area contributed by atoms with Crippen LogP contribution >= 0.6 is 0 Å². The van der Waals surface area contributed by atoms with Crippen molar-refractivity contribution in [2.24, 2.45) is 5.73 Å². The molecule has 8 nitrogen and oxygen atoms in total. The highest BCUT2D eigenvalue weighted by atomic mass is 19.1. The molecule has 0 fully saturated rings. The van der Waals surface area contributed by atoms with E-state index in [1.807, 2.05) is 6.07 Å². The van der Waals surface area contributed by atoms with Crippen molar-refractivity contribution in [1.82, 2.24) is 24.3 Å². The van der Waals surface area contributed by atoms with Gasteiger partial charge in [0.15, 0.2) is 11.6 Å². The molecular weight excluding hydrogens is 409 g/mol. The first-order chi connectivity index (χ1) is 15.5. The monoisotopic (exact) mass is 431 g/mol. The van der Waals surface area contributed by atoms with Crippen LogP contribution in [0.15, 0.2) is 48.8 Å². The van der Waals surface area contributed by atoms with Crippen molar-refractivity contribution >= 4 is 17.2 Å². The minimum absolute atomic E-state index is 0.273. The maximum Gasteiger partial charge on any atom is 0.250 e. The van der Waals surface area contributed by atoms with Crippen molar-refractivity contribution < 1.29 is 9.18 Å². The topological polar surface area (TPSA) is 101 Å². The molecule has 3 aromatic heterocycles. The molecule has 0 saturated heterocycles. The van der Waals surface area contributed by atoms with E-state index in [9.17, 15) is 9.18 Å². The normalized spacial score (nSPS) is 13.8. The van der Waals surface area contributed by atoms with Gasteiger partial charge in [0.05, 0.1) is 23.0 Å². The van der Waals surface area contributed by atoms with E-state index in [-0.39, 0.29) is 5.82 Å². The Hall–Kier alpha value is -3.85. The van der Waals surface area contributed by atoms with Crippen LogP contribution in [0, 0.1) is 5.82 Å². The number of nitrogens with one attached hydrogen (secondary N) is 1. The fraction of sp³-hybridized carbons (Fsp3) is 0.217. The molecule has 0 spiro atoms. The Morgan fingerprint density at radius 1 is 1.25 bits per heavy atom. The van der Waals surface area contributed by atoms with Gasteiger partial charge in [-0.05, 0) is 43.3 Å². The number of aromatic nitrogens is 4. The van der Waals surface area contributed by atoms with Crippen LogP contribution in [0.25, 0.3) is 17.2 Å². The van der Waals surface area contributed by atoms with Crippen LogP contribution in [-0.4, -0.2) is 43.8 Å². The molecule has 1 aromatic carbocycles. The van der Waals surface area contributed by atoms with E-state index in [1.165, 1.54) is 12.1 Å². The second kappa shape index (κ2) is 8.01. The minimum atomic E-state index is -0.521. The lowest BCUT2D eigenvalue weighted by molar-refractivity contribution is 0.100. The molecular formula is C23H22FN7O. The van der Waals surface area contributed by atoms with E-state index in [4.69, 9.17) is 15.7 Å². The smallest absolute Gasteiger partial charge is 0.250 e. The Balaban J connectivity index is 1.58. The molecule has 9 heteroatoms. The number of imidazole rings is 1. The molecule has 32 heavy (non-hydrogen) atoms. The molecule has 0 radical (unpaired) electrons. The van der Waals surface area contributed by atoms with Crippen LogP contribution in [-0.2, 0) is 19.5 Å². The third-order valence-corrected chi connectivity index (χ3v) is 5.64. The summed E-state index contributed by atoms with van der Waals surface area (Å²) < 4.78 is 15.4. The summed E-state index contributed by atoms with van der Waals surface area (Å²) in [5, 5.41) is 3.36. The lowest BCUT2D eigenvalue weighted by atomic mass is 10.1. The number of hydrogen-bond acceptors (Lipinski definition) is 6. The molecule has 0 atom stereocenters. The van der Waals surface area contributed by atoms with Crippen LogP contribution in [0.3, 0.4) is 0 Å². The number of hydrogen-bond donors (Lipinski definition) is 2. The van der Waals surface area contributed by atoms with Gasteiger partial charge in [0.1, 0.15) is 11.6 Å². The van der Waals surface area contributed by atoms with E-state index in [0.29, 0.717) is 41.6 Å². The molecule has 162 valence electrons. The number of carbonyl (C=O) groups excluding carboxylic acids is 1. The molecule has 4 aromatic rings. The highest BCUT2D eigenvalue weighted by Crippen LogP contribution is 2.27. The summed E-state index contributed by atoms with van der Waals surface area (Å²) in [6, 6.07) is 9.89. The molecule has 1 aliphatic rings. The van der Waals surface area contributed by atoms with Gasteiger partial charge in [-0.15, -0.1) is 0 Å². The van der Waals surface area contributed by atoms with Gasteiger partial charge in [-0.25, -0.2) is 19.3 Å². The molecule has 0 bridgehead atoms. The summed E-state index contributed by atoms with van der Waals surface area (Å²) in [6.45, 7) is 2.03. The molecule has 4 heterocycles. The van der Waals surface area contributed by atoms with Crippen molar-refractivity contribution in [3.63, 3.8) is 0 Å². The SMILES string of the molecule is CN1CCc2c(nc(-c3ncc4c(C(N)=O)cccn34)nc2NCc2cccc(F)c2)C1. The first-order valence-corrected chi connectivity index (χ1v) is 10.3. The Bertz CT molecular complexity index is 1330. The predicted molar refractivity (Wildman–Crippen MR) is 119 cm³/mol. The molecule has 0 saturated carbocycles. The van der Waals surface area contributed by atoms with Gasteiger partial charge < -0.3 is 16.0 Å². The molecule has 5 rings (SSSR count). The summed E-state index contributed by atoms with van der Waals surface area (Å²) in [7, 11) is 2.05. The molecule has 1 amide bonds. The van der Waals surface area contributed by atoms with Crippen molar-refractivity contribution in [3.8, 4) is 11.6 Å². The highest BCUT2D eigenvalue weighted by molar-refractivity contribution is 5.99. The second-order valence-electron chi connectivity index (χ2n) is 7.92. The van der Waals surface area contributed by atoms with Gasteiger partial charge in [0.2, 0.25) is 0 Å². The molecule has 0 aliphatic carbocycles. The number of pyridine rings is 1. The Morgan fingerprint density at radius 2 is 2.12 bits per heavy atom. The van der Waals surface area contributed by atoms with Crippen LogP contribution in [0.2, 0.25) is 0 Å². The van der Waals surface area contributed by atoms with Crippen molar-refractivity contribution in [1.29, 1.82) is 0 Å². The number of nitrogens with two attached hydrogens (primary N) is 1. The summed E-state index contributed by atoms with van der Waals surface area (Å²) >= 11 is 0. The lowest BCUT2D eigenvalue weighted by Gasteiger charge is -2.26. The maximum absolute atomic E-state index is 13.6. The maximum atomic E-state index is 13.6. The highest BCUT2D eigenvalue weighted by Gasteiger charge is 2.23. The van der Waals surface area contributed by atoms with E-state index >= 15 is 0 Å². The predicted octanol–water partition coefficient (Wildman–Crippen LogP) is 2.63. The number of fused-ring (bicyclic) bond motifs is 2. The van der Waals surface area contributed by atoms with Crippen LogP contribution in [0.1, 0.15) is 27.2 Å². The number of likely N-dealkylation sites (N-methyl/N-ethyl adjacent to an activating group) is 1. The van der Waals surface area contributed by atoms with E-state index < -0.39 is 5.91 Å². The zero-order valence-corrected chi connectivity index (χ0v) is 17.5. The number of benzene rings is 1. The number of rotatable bonds is 5. The third-order valence-electron chi connectivity index (χ3n) is 5.64. The van der Waals surface area contributed by atoms with E-state index in [0.717, 1.165) is 29.8 Å². The zero-order valence-electron chi connectivity index (χ0n) is 17.5. The Kier molecular flexibility index (Phi) is 5.02. The fourth-order valence-electron chi connectivity index (χ4n) is 4.04. The van der Waals surface area contributed by atoms with Crippen LogP contribution < -0.4 is 11.1 Å². The number of nitrogens with zero attached hydrogens (tertiary/aromatic N) is 5. The summed E-state index contributed by atoms with van der Waals surface area (Å²) in [5.74, 6) is 0.887. The van der Waals surface area contributed by atoms with Gasteiger partial charge >= 0.3 is 0 Å². The van der Waals surface area contributed by atoms with Gasteiger partial charge in [-0.1, -0.05) is 12.1 Å². The molecule has 0 unspecified atom stereocenters. The van der Waals surface area contributed by atoms with Gasteiger partial charge in [-0.3, -0.25) is 9.20 Å². The average molecular weight is 431 g/mol. The first kappa shape index (κ1) is 20.1.